The predicted octanol–water partition coefficient (Wildman–Crippen LogP) is 2.62. The van der Waals surface area contributed by atoms with E-state index in [1.807, 2.05) is 38.1 Å². The lowest BCUT2D eigenvalue weighted by Gasteiger charge is -2.16. The zero-order valence-corrected chi connectivity index (χ0v) is 13.9. The van der Waals surface area contributed by atoms with Crippen molar-refractivity contribution in [2.24, 2.45) is 11.7 Å². The lowest BCUT2D eigenvalue weighted by Crippen LogP contribution is -2.41. The summed E-state index contributed by atoms with van der Waals surface area (Å²) in [4.78, 5) is 12.6. The van der Waals surface area contributed by atoms with Gasteiger partial charge in [-0.05, 0) is 44.2 Å². The van der Waals surface area contributed by atoms with E-state index in [0.29, 0.717) is 12.5 Å². The summed E-state index contributed by atoms with van der Waals surface area (Å²) in [6.45, 7) is 5.36. The van der Waals surface area contributed by atoms with Crippen LogP contribution in [0.5, 0.6) is 0 Å². The molecule has 1 amide bonds. The van der Waals surface area contributed by atoms with Gasteiger partial charge in [-0.2, -0.15) is 0 Å². The van der Waals surface area contributed by atoms with Crippen LogP contribution in [0.2, 0.25) is 0 Å². The van der Waals surface area contributed by atoms with Gasteiger partial charge in [0, 0.05) is 30.5 Å². The van der Waals surface area contributed by atoms with Gasteiger partial charge in [-0.15, -0.1) is 0 Å². The molecular formula is C19H25N3O. The van der Waals surface area contributed by atoms with Crippen LogP contribution in [-0.2, 0) is 6.54 Å². The fourth-order valence-corrected chi connectivity index (χ4v) is 3.15. The number of hydrogen-bond acceptors (Lipinski definition) is 2. The molecular weight excluding hydrogens is 286 g/mol. The van der Waals surface area contributed by atoms with E-state index in [2.05, 4.69) is 22.0 Å². The van der Waals surface area contributed by atoms with Crippen molar-refractivity contribution in [2.45, 2.75) is 39.3 Å². The predicted molar refractivity (Wildman–Crippen MR) is 92.5 cm³/mol. The average Bonchev–Trinajstić information content (AvgIpc) is 3.36. The maximum absolute atomic E-state index is 12.6. The SMILES string of the molecule is Cc1cc(C(=O)NC(CN)C2CC2)c(C)n1Cc1ccccc1. The fraction of sp³-hybridized carbons (Fsp3) is 0.421. The first-order valence-corrected chi connectivity index (χ1v) is 8.31. The summed E-state index contributed by atoms with van der Waals surface area (Å²) < 4.78 is 2.19. The van der Waals surface area contributed by atoms with Gasteiger partial charge < -0.3 is 15.6 Å². The first kappa shape index (κ1) is 15.8. The Kier molecular flexibility index (Phi) is 4.53. The molecule has 4 nitrogen and oxygen atoms in total. The Bertz CT molecular complexity index is 686. The maximum atomic E-state index is 12.6. The van der Waals surface area contributed by atoms with Crippen molar-refractivity contribution < 1.29 is 4.79 Å². The minimum absolute atomic E-state index is 0.000221. The van der Waals surface area contributed by atoms with Crippen LogP contribution in [0.15, 0.2) is 36.4 Å². The van der Waals surface area contributed by atoms with Crippen LogP contribution in [0.1, 0.15) is 40.2 Å². The Balaban J connectivity index is 1.78. The summed E-state index contributed by atoms with van der Waals surface area (Å²) in [6.07, 6.45) is 2.35. The van der Waals surface area contributed by atoms with E-state index in [1.165, 1.54) is 18.4 Å². The highest BCUT2D eigenvalue weighted by molar-refractivity contribution is 5.96. The summed E-state index contributed by atoms with van der Waals surface area (Å²) in [5.74, 6) is 0.566. The van der Waals surface area contributed by atoms with Crippen molar-refractivity contribution in [1.29, 1.82) is 0 Å². The van der Waals surface area contributed by atoms with Crippen LogP contribution in [0.3, 0.4) is 0 Å². The van der Waals surface area contributed by atoms with E-state index >= 15 is 0 Å². The van der Waals surface area contributed by atoms with E-state index in [9.17, 15) is 4.79 Å². The van der Waals surface area contributed by atoms with Crippen LogP contribution in [0.4, 0.5) is 0 Å². The topological polar surface area (TPSA) is 60.1 Å². The maximum Gasteiger partial charge on any atom is 0.253 e. The largest absolute Gasteiger partial charge is 0.348 e. The zero-order chi connectivity index (χ0) is 16.4. The standard InChI is InChI=1S/C19H25N3O/c1-13-10-17(19(23)21-18(11-20)16-8-9-16)14(2)22(13)12-15-6-4-3-5-7-15/h3-7,10,16,18H,8-9,11-12,20H2,1-2H3,(H,21,23). The lowest BCUT2D eigenvalue weighted by atomic mass is 10.1. The van der Waals surface area contributed by atoms with Gasteiger partial charge in [0.15, 0.2) is 0 Å². The third kappa shape index (κ3) is 3.48. The summed E-state index contributed by atoms with van der Waals surface area (Å²) in [7, 11) is 0. The van der Waals surface area contributed by atoms with E-state index in [1.54, 1.807) is 0 Å². The fourth-order valence-electron chi connectivity index (χ4n) is 3.15. The quantitative estimate of drug-likeness (QED) is 0.861. The van der Waals surface area contributed by atoms with Crippen molar-refractivity contribution in [1.82, 2.24) is 9.88 Å². The lowest BCUT2D eigenvalue weighted by molar-refractivity contribution is 0.0932. The number of aromatic nitrogens is 1. The number of aryl methyl sites for hydroxylation is 1. The van der Waals surface area contributed by atoms with Crippen molar-refractivity contribution in [3.63, 3.8) is 0 Å². The molecule has 1 unspecified atom stereocenters. The third-order valence-corrected chi connectivity index (χ3v) is 4.76. The molecule has 1 heterocycles. The van der Waals surface area contributed by atoms with E-state index in [4.69, 9.17) is 5.73 Å². The monoisotopic (exact) mass is 311 g/mol. The number of nitrogens with zero attached hydrogens (tertiary/aromatic N) is 1. The average molecular weight is 311 g/mol. The molecule has 3 N–H and O–H groups in total. The highest BCUT2D eigenvalue weighted by Crippen LogP contribution is 2.32. The Morgan fingerprint density at radius 2 is 2.00 bits per heavy atom. The van der Waals surface area contributed by atoms with E-state index < -0.39 is 0 Å². The molecule has 0 bridgehead atoms. The number of carbonyl (C=O) groups is 1. The van der Waals surface area contributed by atoms with Crippen LogP contribution < -0.4 is 11.1 Å². The Morgan fingerprint density at radius 3 is 2.61 bits per heavy atom. The molecule has 1 aromatic carbocycles. The first-order valence-electron chi connectivity index (χ1n) is 8.31. The van der Waals surface area contributed by atoms with Gasteiger partial charge in [0.1, 0.15) is 0 Å². The molecule has 0 saturated heterocycles. The van der Waals surface area contributed by atoms with Crippen LogP contribution in [-0.4, -0.2) is 23.1 Å². The molecule has 0 radical (unpaired) electrons. The Labute approximate surface area is 137 Å². The Hall–Kier alpha value is -2.07. The molecule has 2 aromatic rings. The smallest absolute Gasteiger partial charge is 0.253 e. The zero-order valence-electron chi connectivity index (χ0n) is 13.9. The minimum Gasteiger partial charge on any atom is -0.348 e. The van der Waals surface area contributed by atoms with Crippen molar-refractivity contribution in [2.75, 3.05) is 6.54 Å². The second kappa shape index (κ2) is 6.59. The molecule has 122 valence electrons. The number of nitrogens with two attached hydrogens (primary N) is 1. The molecule has 1 aromatic heterocycles. The molecule has 0 spiro atoms. The molecule has 3 rings (SSSR count). The first-order chi connectivity index (χ1) is 11.1. The Morgan fingerprint density at radius 1 is 1.30 bits per heavy atom. The second-order valence-corrected chi connectivity index (χ2v) is 6.51. The summed E-state index contributed by atoms with van der Waals surface area (Å²) in [5, 5.41) is 3.11. The van der Waals surface area contributed by atoms with Gasteiger partial charge >= 0.3 is 0 Å². The van der Waals surface area contributed by atoms with Gasteiger partial charge in [0.2, 0.25) is 0 Å². The number of rotatable bonds is 6. The molecule has 1 aliphatic carbocycles. The number of carbonyl (C=O) groups excluding carboxylic acids is 1. The van der Waals surface area contributed by atoms with Gasteiger partial charge in [-0.25, -0.2) is 0 Å². The van der Waals surface area contributed by atoms with Crippen molar-refractivity contribution >= 4 is 5.91 Å². The number of hydrogen-bond donors (Lipinski definition) is 2. The molecule has 23 heavy (non-hydrogen) atoms. The molecule has 1 saturated carbocycles. The normalized spacial score (nSPS) is 15.4. The van der Waals surface area contributed by atoms with Crippen LogP contribution in [0, 0.1) is 19.8 Å². The molecule has 4 heteroatoms. The molecule has 1 fully saturated rings. The summed E-state index contributed by atoms with van der Waals surface area (Å²) in [5.41, 5.74) is 9.91. The van der Waals surface area contributed by atoms with Crippen molar-refractivity contribution in [3.8, 4) is 0 Å². The van der Waals surface area contributed by atoms with Gasteiger partial charge in [0.25, 0.3) is 5.91 Å². The molecule has 0 aliphatic heterocycles. The second-order valence-electron chi connectivity index (χ2n) is 6.51. The van der Waals surface area contributed by atoms with E-state index in [-0.39, 0.29) is 11.9 Å². The van der Waals surface area contributed by atoms with Gasteiger partial charge in [-0.3, -0.25) is 4.79 Å². The minimum atomic E-state index is -0.000221. The third-order valence-electron chi connectivity index (χ3n) is 4.76. The number of benzene rings is 1. The van der Waals surface area contributed by atoms with Crippen molar-refractivity contribution in [3.05, 3.63) is 58.9 Å². The number of nitrogens with one attached hydrogen (secondary N) is 1. The molecule has 1 atom stereocenters. The van der Waals surface area contributed by atoms with Gasteiger partial charge in [0.05, 0.1) is 5.56 Å². The van der Waals surface area contributed by atoms with Gasteiger partial charge in [-0.1, -0.05) is 30.3 Å². The van der Waals surface area contributed by atoms with Crippen LogP contribution >= 0.6 is 0 Å². The highest BCUT2D eigenvalue weighted by Gasteiger charge is 2.32. The highest BCUT2D eigenvalue weighted by atomic mass is 16.1. The number of amides is 1. The van der Waals surface area contributed by atoms with E-state index in [0.717, 1.165) is 23.5 Å². The molecule has 1 aliphatic rings. The summed E-state index contributed by atoms with van der Waals surface area (Å²) in [6, 6.07) is 12.4. The van der Waals surface area contributed by atoms with Crippen LogP contribution in [0.25, 0.3) is 0 Å². The summed E-state index contributed by atoms with van der Waals surface area (Å²) >= 11 is 0.